The smallest absolute Gasteiger partial charge is 0.346 e. The maximum atomic E-state index is 11.4. The van der Waals surface area contributed by atoms with Crippen LogP contribution in [0.1, 0.15) is 0 Å². The van der Waals surface area contributed by atoms with Crippen LogP contribution in [0.25, 0.3) is 0 Å². The molecule has 1 N–H and O–H groups in total. The molecule has 0 aliphatic rings. The van der Waals surface area contributed by atoms with Gasteiger partial charge < -0.3 is 5.11 Å². The van der Waals surface area contributed by atoms with E-state index in [9.17, 15) is 13.2 Å². The fraction of sp³-hybridized carbons (Fsp3) is 0.667. The van der Waals surface area contributed by atoms with Crippen molar-refractivity contribution in [2.45, 2.75) is 12.3 Å². The first-order valence-corrected chi connectivity index (χ1v) is 1.61. The van der Waals surface area contributed by atoms with Crippen LogP contribution in [0.3, 0.4) is 0 Å². The van der Waals surface area contributed by atoms with Gasteiger partial charge in [-0.1, -0.05) is 0 Å². The van der Waals surface area contributed by atoms with Crippen LogP contribution in [0.15, 0.2) is 0 Å². The van der Waals surface area contributed by atoms with E-state index in [1.807, 2.05) is 0 Å². The van der Waals surface area contributed by atoms with Crippen molar-refractivity contribution in [1.82, 2.24) is 0 Å². The van der Waals surface area contributed by atoms with Gasteiger partial charge in [0.25, 0.3) is 0 Å². The molecule has 0 spiro atoms. The predicted molar refractivity (Wildman–Crippen MR) is 17.7 cm³/mol. The zero-order valence-corrected chi connectivity index (χ0v) is 3.61. The summed E-state index contributed by atoms with van der Waals surface area (Å²) < 4.78 is 33.3. The third kappa shape index (κ3) is 1.39. The van der Waals surface area contributed by atoms with Crippen molar-refractivity contribution >= 4 is 0 Å². The zero-order valence-electron chi connectivity index (χ0n) is 3.61. The molecule has 0 aliphatic carbocycles. The van der Waals surface area contributed by atoms with Gasteiger partial charge in [-0.25, -0.2) is 8.78 Å². The maximum Gasteiger partial charge on any atom is 0.355 e. The van der Waals surface area contributed by atoms with E-state index < -0.39 is 12.3 Å². The largest absolute Gasteiger partial charge is 0.355 e. The molecule has 0 bridgehead atoms. The van der Waals surface area contributed by atoms with Crippen LogP contribution in [0.4, 0.5) is 13.2 Å². The van der Waals surface area contributed by atoms with Gasteiger partial charge in [-0.3, -0.25) is 0 Å². The topological polar surface area (TPSA) is 44.0 Å². The highest BCUT2D eigenvalue weighted by atomic mass is 19.3. The minimum absolute atomic E-state index is 0.380. The quantitative estimate of drug-likeness (QED) is 0.516. The summed E-state index contributed by atoms with van der Waals surface area (Å²) in [4.78, 5) is 0. The molecule has 0 saturated heterocycles. The molecule has 0 aliphatic heterocycles. The highest BCUT2D eigenvalue weighted by molar-refractivity contribution is 4.92. The summed E-state index contributed by atoms with van der Waals surface area (Å²) in [5.74, 6) is -3.99. The molecule has 0 heterocycles. The molecule has 2 nitrogen and oxygen atoms in total. The predicted octanol–water partition coefficient (Wildman–Crippen LogP) is 0.433. The highest BCUT2D eigenvalue weighted by Gasteiger charge is 2.37. The average molecular weight is 125 g/mol. The van der Waals surface area contributed by atoms with Gasteiger partial charge in [-0.15, -0.1) is 0 Å². The standard InChI is InChI=1S/C3H2F3NO/c4-2(5)3(6,8)1-7/h2,8H. The van der Waals surface area contributed by atoms with Gasteiger partial charge in [0.15, 0.2) is 0 Å². The molecule has 0 rings (SSSR count). The first-order valence-electron chi connectivity index (χ1n) is 1.61. The van der Waals surface area contributed by atoms with Crippen molar-refractivity contribution < 1.29 is 18.3 Å². The van der Waals surface area contributed by atoms with E-state index >= 15 is 0 Å². The van der Waals surface area contributed by atoms with Gasteiger partial charge >= 0.3 is 12.3 Å². The molecular weight excluding hydrogens is 123 g/mol. The molecule has 0 radical (unpaired) electrons. The van der Waals surface area contributed by atoms with E-state index in [1.165, 1.54) is 0 Å². The van der Waals surface area contributed by atoms with Crippen LogP contribution in [-0.4, -0.2) is 17.4 Å². The second-order valence-corrected chi connectivity index (χ2v) is 1.09. The molecule has 0 aromatic carbocycles. The van der Waals surface area contributed by atoms with Crippen molar-refractivity contribution in [2.75, 3.05) is 0 Å². The number of nitrogens with zero attached hydrogens (tertiary/aromatic N) is 1. The molecule has 0 amide bonds. The third-order valence-corrected chi connectivity index (χ3v) is 0.446. The van der Waals surface area contributed by atoms with Crippen molar-refractivity contribution in [3.05, 3.63) is 0 Å². The van der Waals surface area contributed by atoms with Gasteiger partial charge in [0.2, 0.25) is 0 Å². The normalized spacial score (nSPS) is 17.5. The van der Waals surface area contributed by atoms with Crippen LogP contribution in [0.2, 0.25) is 0 Å². The molecule has 0 aromatic rings. The summed E-state index contributed by atoms with van der Waals surface area (Å²) >= 11 is 0. The monoisotopic (exact) mass is 125 g/mol. The molecular formula is C3H2F3NO. The molecule has 1 atom stereocenters. The van der Waals surface area contributed by atoms with E-state index in [0.29, 0.717) is 6.07 Å². The molecule has 0 fully saturated rings. The van der Waals surface area contributed by atoms with Gasteiger partial charge in [-0.2, -0.15) is 9.65 Å². The Morgan fingerprint density at radius 2 is 2.00 bits per heavy atom. The SMILES string of the molecule is N#CC(O)(F)C(F)F. The third-order valence-electron chi connectivity index (χ3n) is 0.446. The Bertz CT molecular complexity index is 116. The van der Waals surface area contributed by atoms with E-state index in [1.54, 1.807) is 0 Å². The van der Waals surface area contributed by atoms with E-state index in [2.05, 4.69) is 0 Å². The maximum absolute atomic E-state index is 11.4. The first kappa shape index (κ1) is 7.24. The number of halogens is 3. The van der Waals surface area contributed by atoms with Gasteiger partial charge in [0.1, 0.15) is 6.07 Å². The Hall–Kier alpha value is -0.760. The first-order chi connectivity index (χ1) is 3.50. The van der Waals surface area contributed by atoms with Crippen LogP contribution < -0.4 is 0 Å². The van der Waals surface area contributed by atoms with Crippen molar-refractivity contribution in [3.8, 4) is 6.07 Å². The zero-order chi connectivity index (χ0) is 6.78. The lowest BCUT2D eigenvalue weighted by atomic mass is 10.4. The number of alkyl halides is 3. The lowest BCUT2D eigenvalue weighted by Gasteiger charge is -2.05. The Kier molecular flexibility index (Phi) is 1.82. The fourth-order valence-corrected chi connectivity index (χ4v) is 0.0488. The lowest BCUT2D eigenvalue weighted by Crippen LogP contribution is -2.29. The summed E-state index contributed by atoms with van der Waals surface area (Å²) in [5, 5.41) is 15.0. The number of hydrogen-bond acceptors (Lipinski definition) is 2. The molecule has 46 valence electrons. The minimum Gasteiger partial charge on any atom is -0.346 e. The number of hydrogen-bond donors (Lipinski definition) is 1. The van der Waals surface area contributed by atoms with Gasteiger partial charge in [0.05, 0.1) is 0 Å². The van der Waals surface area contributed by atoms with Crippen molar-refractivity contribution in [3.63, 3.8) is 0 Å². The molecule has 0 saturated carbocycles. The van der Waals surface area contributed by atoms with E-state index in [4.69, 9.17) is 10.4 Å². The highest BCUT2D eigenvalue weighted by Crippen LogP contribution is 2.14. The summed E-state index contributed by atoms with van der Waals surface area (Å²) in [7, 11) is 0. The van der Waals surface area contributed by atoms with Crippen LogP contribution in [0.5, 0.6) is 0 Å². The Labute approximate surface area is 43.2 Å². The second-order valence-electron chi connectivity index (χ2n) is 1.09. The number of rotatable bonds is 1. The Morgan fingerprint density at radius 3 is 2.00 bits per heavy atom. The second kappa shape index (κ2) is 2.01. The average Bonchev–Trinajstić information content (AvgIpc) is 1.67. The van der Waals surface area contributed by atoms with E-state index in [-0.39, 0.29) is 0 Å². The molecule has 1 unspecified atom stereocenters. The summed E-state index contributed by atoms with van der Waals surface area (Å²) in [6, 6.07) is 0.380. The Balaban J connectivity index is 3.97. The van der Waals surface area contributed by atoms with Crippen LogP contribution in [0, 0.1) is 11.3 Å². The lowest BCUT2D eigenvalue weighted by molar-refractivity contribution is -0.143. The summed E-state index contributed by atoms with van der Waals surface area (Å²) in [6.07, 6.45) is -3.66. The van der Waals surface area contributed by atoms with E-state index in [0.717, 1.165) is 0 Å². The Morgan fingerprint density at radius 1 is 1.62 bits per heavy atom. The molecule has 0 aromatic heterocycles. The van der Waals surface area contributed by atoms with Crippen molar-refractivity contribution in [1.29, 1.82) is 5.26 Å². The fourth-order valence-electron chi connectivity index (χ4n) is 0.0488. The molecule has 5 heteroatoms. The minimum atomic E-state index is -3.99. The number of aliphatic hydroxyl groups is 1. The van der Waals surface area contributed by atoms with Crippen LogP contribution in [-0.2, 0) is 0 Å². The summed E-state index contributed by atoms with van der Waals surface area (Å²) in [5.41, 5.74) is 0. The van der Waals surface area contributed by atoms with Gasteiger partial charge in [-0.05, 0) is 0 Å². The van der Waals surface area contributed by atoms with Gasteiger partial charge in [0, 0.05) is 0 Å². The van der Waals surface area contributed by atoms with Crippen molar-refractivity contribution in [2.24, 2.45) is 0 Å². The summed E-state index contributed by atoms with van der Waals surface area (Å²) in [6.45, 7) is 0. The van der Waals surface area contributed by atoms with Crippen LogP contribution >= 0.6 is 0 Å². The molecule has 8 heavy (non-hydrogen) atoms. The number of nitriles is 1.